The van der Waals surface area contributed by atoms with Crippen molar-refractivity contribution in [2.45, 2.75) is 50.8 Å². The molecule has 3 unspecified atom stereocenters. The van der Waals surface area contributed by atoms with Crippen molar-refractivity contribution in [3.05, 3.63) is 0 Å². The third-order valence-electron chi connectivity index (χ3n) is 3.62. The summed E-state index contributed by atoms with van der Waals surface area (Å²) in [7, 11) is 0. The van der Waals surface area contributed by atoms with Crippen LogP contribution >= 0.6 is 0 Å². The Labute approximate surface area is 86.5 Å². The highest BCUT2D eigenvalue weighted by Gasteiger charge is 2.29. The summed E-state index contributed by atoms with van der Waals surface area (Å²) in [6, 6.07) is 1.24. The smallest absolute Gasteiger partial charge is 0.0667 e. The number of piperidine rings is 2. The second-order valence-corrected chi connectivity index (χ2v) is 4.74. The lowest BCUT2D eigenvalue weighted by Gasteiger charge is -2.42. The van der Waals surface area contributed by atoms with Gasteiger partial charge in [-0.05, 0) is 45.7 Å². The molecule has 0 aromatic heterocycles. The zero-order valence-electron chi connectivity index (χ0n) is 9.08. The number of rotatable bonds is 1. The maximum absolute atomic E-state index is 9.63. The van der Waals surface area contributed by atoms with Gasteiger partial charge in [-0.3, -0.25) is 4.90 Å². The van der Waals surface area contributed by atoms with Gasteiger partial charge in [0.2, 0.25) is 0 Å². The Kier molecular flexibility index (Phi) is 3.42. The lowest BCUT2D eigenvalue weighted by Crippen LogP contribution is -2.55. The van der Waals surface area contributed by atoms with E-state index in [9.17, 15) is 5.11 Å². The lowest BCUT2D eigenvalue weighted by atomic mass is 9.95. The van der Waals surface area contributed by atoms with E-state index in [1.54, 1.807) is 0 Å². The second kappa shape index (κ2) is 4.60. The monoisotopic (exact) mass is 198 g/mol. The van der Waals surface area contributed by atoms with E-state index < -0.39 is 0 Å². The minimum absolute atomic E-state index is 0.0853. The molecule has 2 heterocycles. The predicted molar refractivity (Wildman–Crippen MR) is 57.3 cm³/mol. The summed E-state index contributed by atoms with van der Waals surface area (Å²) >= 11 is 0. The van der Waals surface area contributed by atoms with Crippen LogP contribution in [0.25, 0.3) is 0 Å². The first-order chi connectivity index (χ1) is 6.77. The van der Waals surface area contributed by atoms with Gasteiger partial charge in [0.1, 0.15) is 0 Å². The number of likely N-dealkylation sites (tertiary alicyclic amines) is 1. The minimum Gasteiger partial charge on any atom is -0.392 e. The van der Waals surface area contributed by atoms with Crippen LogP contribution in [0.2, 0.25) is 0 Å². The summed E-state index contributed by atoms with van der Waals surface area (Å²) in [5.41, 5.74) is 0. The number of nitrogens with one attached hydrogen (secondary N) is 1. The molecule has 2 aliphatic rings. The highest BCUT2D eigenvalue weighted by Crippen LogP contribution is 2.20. The number of hydrogen-bond acceptors (Lipinski definition) is 3. The molecule has 0 saturated carbocycles. The second-order valence-electron chi connectivity index (χ2n) is 4.74. The van der Waals surface area contributed by atoms with Crippen LogP contribution in [0, 0.1) is 0 Å². The van der Waals surface area contributed by atoms with Crippen molar-refractivity contribution in [2.75, 3.05) is 19.6 Å². The molecular weight excluding hydrogens is 176 g/mol. The maximum atomic E-state index is 9.63. The average molecular weight is 198 g/mol. The van der Waals surface area contributed by atoms with Crippen molar-refractivity contribution in [2.24, 2.45) is 0 Å². The highest BCUT2D eigenvalue weighted by molar-refractivity contribution is 4.88. The fraction of sp³-hybridized carbons (Fsp3) is 1.00. The summed E-state index contributed by atoms with van der Waals surface area (Å²) in [5, 5.41) is 13.2. The molecule has 3 nitrogen and oxygen atoms in total. The average Bonchev–Trinajstić information content (AvgIpc) is 2.18. The predicted octanol–water partition coefficient (Wildman–Crippen LogP) is 0.584. The third-order valence-corrected chi connectivity index (χ3v) is 3.62. The molecule has 2 rings (SSSR count). The highest BCUT2D eigenvalue weighted by atomic mass is 16.3. The summed E-state index contributed by atoms with van der Waals surface area (Å²) in [6.45, 7) is 5.49. The van der Waals surface area contributed by atoms with Crippen LogP contribution in [-0.4, -0.2) is 47.8 Å². The molecule has 2 fully saturated rings. The molecule has 2 N–H and O–H groups in total. The van der Waals surface area contributed by atoms with E-state index in [1.165, 1.54) is 19.4 Å². The van der Waals surface area contributed by atoms with Crippen molar-refractivity contribution < 1.29 is 5.11 Å². The fourth-order valence-corrected chi connectivity index (χ4v) is 2.81. The quantitative estimate of drug-likeness (QED) is 0.647. The van der Waals surface area contributed by atoms with Crippen LogP contribution in [0.4, 0.5) is 0 Å². The lowest BCUT2D eigenvalue weighted by molar-refractivity contribution is 0.0288. The van der Waals surface area contributed by atoms with Gasteiger partial charge >= 0.3 is 0 Å². The largest absolute Gasteiger partial charge is 0.392 e. The molecule has 14 heavy (non-hydrogen) atoms. The Balaban J connectivity index is 1.91. The normalized spacial score (nSPS) is 41.1. The molecule has 3 atom stereocenters. The van der Waals surface area contributed by atoms with E-state index in [0.717, 1.165) is 25.9 Å². The molecule has 2 aliphatic heterocycles. The Morgan fingerprint density at radius 2 is 2.14 bits per heavy atom. The Bertz CT molecular complexity index is 186. The molecule has 0 aromatic carbocycles. The maximum Gasteiger partial charge on any atom is 0.0667 e. The Morgan fingerprint density at radius 3 is 2.86 bits per heavy atom. The van der Waals surface area contributed by atoms with Gasteiger partial charge in [-0.25, -0.2) is 0 Å². The molecule has 2 saturated heterocycles. The SMILES string of the molecule is CC1NCCCC1N1CCCC(O)C1. The zero-order chi connectivity index (χ0) is 9.97. The van der Waals surface area contributed by atoms with Crippen LogP contribution in [0.15, 0.2) is 0 Å². The van der Waals surface area contributed by atoms with E-state index in [1.807, 2.05) is 0 Å². The molecule has 0 radical (unpaired) electrons. The van der Waals surface area contributed by atoms with E-state index in [4.69, 9.17) is 0 Å². The first-order valence-corrected chi connectivity index (χ1v) is 5.93. The van der Waals surface area contributed by atoms with E-state index >= 15 is 0 Å². The summed E-state index contributed by atoms with van der Waals surface area (Å²) in [5.74, 6) is 0. The van der Waals surface area contributed by atoms with Crippen molar-refractivity contribution >= 4 is 0 Å². The van der Waals surface area contributed by atoms with Gasteiger partial charge in [0.25, 0.3) is 0 Å². The summed E-state index contributed by atoms with van der Waals surface area (Å²) in [6.07, 6.45) is 4.63. The molecule has 0 aromatic rings. The van der Waals surface area contributed by atoms with E-state index in [-0.39, 0.29) is 6.10 Å². The van der Waals surface area contributed by atoms with Gasteiger partial charge in [0.05, 0.1) is 6.10 Å². The molecule has 0 amide bonds. The zero-order valence-corrected chi connectivity index (χ0v) is 9.08. The van der Waals surface area contributed by atoms with Gasteiger partial charge in [-0.2, -0.15) is 0 Å². The molecule has 0 spiro atoms. The van der Waals surface area contributed by atoms with Crippen LogP contribution in [0.3, 0.4) is 0 Å². The van der Waals surface area contributed by atoms with Crippen LogP contribution in [-0.2, 0) is 0 Å². The van der Waals surface area contributed by atoms with Gasteiger partial charge in [-0.1, -0.05) is 0 Å². The fourth-order valence-electron chi connectivity index (χ4n) is 2.81. The topological polar surface area (TPSA) is 35.5 Å². The van der Waals surface area contributed by atoms with Gasteiger partial charge < -0.3 is 10.4 Å². The van der Waals surface area contributed by atoms with Crippen LogP contribution in [0.5, 0.6) is 0 Å². The van der Waals surface area contributed by atoms with Gasteiger partial charge in [0.15, 0.2) is 0 Å². The van der Waals surface area contributed by atoms with Crippen molar-refractivity contribution in [1.29, 1.82) is 0 Å². The number of aliphatic hydroxyl groups is 1. The van der Waals surface area contributed by atoms with Crippen molar-refractivity contribution in [3.63, 3.8) is 0 Å². The van der Waals surface area contributed by atoms with Gasteiger partial charge in [0, 0.05) is 18.6 Å². The first-order valence-electron chi connectivity index (χ1n) is 5.93. The van der Waals surface area contributed by atoms with Crippen LogP contribution < -0.4 is 5.32 Å². The minimum atomic E-state index is -0.0853. The summed E-state index contributed by atoms with van der Waals surface area (Å²) < 4.78 is 0. The number of nitrogens with zero attached hydrogens (tertiary/aromatic N) is 1. The Hall–Kier alpha value is -0.120. The molecular formula is C11H22N2O. The van der Waals surface area contributed by atoms with E-state index in [0.29, 0.717) is 12.1 Å². The number of β-amino-alcohol motifs (C(OH)–C–C–N with tert-alkyl or cyclic N) is 1. The first kappa shape index (κ1) is 10.4. The van der Waals surface area contributed by atoms with Crippen LogP contribution in [0.1, 0.15) is 32.6 Å². The number of hydrogen-bond donors (Lipinski definition) is 2. The molecule has 0 aliphatic carbocycles. The number of aliphatic hydroxyl groups excluding tert-OH is 1. The Morgan fingerprint density at radius 1 is 1.29 bits per heavy atom. The third kappa shape index (κ3) is 2.27. The molecule has 82 valence electrons. The molecule has 0 bridgehead atoms. The van der Waals surface area contributed by atoms with E-state index in [2.05, 4.69) is 17.1 Å². The van der Waals surface area contributed by atoms with Crippen molar-refractivity contribution in [1.82, 2.24) is 10.2 Å². The standard InChI is InChI=1S/C11H22N2O/c1-9-11(5-2-6-12-9)13-7-3-4-10(14)8-13/h9-12,14H,2-8H2,1H3. The summed E-state index contributed by atoms with van der Waals surface area (Å²) in [4.78, 5) is 2.48. The molecule has 3 heteroatoms. The van der Waals surface area contributed by atoms with Crippen molar-refractivity contribution in [3.8, 4) is 0 Å². The van der Waals surface area contributed by atoms with Gasteiger partial charge in [-0.15, -0.1) is 0 Å².